The molecule has 0 bridgehead atoms. The van der Waals surface area contributed by atoms with E-state index in [1.54, 1.807) is 37.1 Å². The molecule has 3 rings (SSSR count). The van der Waals surface area contributed by atoms with Crippen molar-refractivity contribution in [2.75, 3.05) is 0 Å². The van der Waals surface area contributed by atoms with Crippen molar-refractivity contribution in [2.45, 2.75) is 32.5 Å². The summed E-state index contributed by atoms with van der Waals surface area (Å²) in [7, 11) is 0. The minimum Gasteiger partial charge on any atom is -0.461 e. The maximum absolute atomic E-state index is 12.6. The minimum atomic E-state index is -0.883. The van der Waals surface area contributed by atoms with Crippen molar-refractivity contribution in [2.24, 2.45) is 0 Å². The van der Waals surface area contributed by atoms with E-state index in [0.29, 0.717) is 5.76 Å². The zero-order valence-electron chi connectivity index (χ0n) is 15.0. The van der Waals surface area contributed by atoms with Crippen molar-refractivity contribution in [1.29, 1.82) is 0 Å². The van der Waals surface area contributed by atoms with E-state index in [9.17, 15) is 9.59 Å². The molecule has 3 aromatic rings. The van der Waals surface area contributed by atoms with E-state index < -0.39 is 17.9 Å². The molecule has 27 heavy (non-hydrogen) atoms. The number of amides is 1. The smallest absolute Gasteiger partial charge is 0.330 e. The summed E-state index contributed by atoms with van der Waals surface area (Å²) in [5, 5.41) is 6.46. The lowest BCUT2D eigenvalue weighted by molar-refractivity contribution is -0.150. The topological polar surface area (TPSA) is 99.2 Å². The van der Waals surface area contributed by atoms with E-state index in [4.69, 9.17) is 9.26 Å². The third-order valence-corrected chi connectivity index (χ3v) is 3.70. The molecule has 0 unspecified atom stereocenters. The lowest BCUT2D eigenvalue weighted by atomic mass is 10.1. The number of hydrogen-bond acceptors (Lipinski definition) is 6. The Balaban J connectivity index is 1.73. The Labute approximate surface area is 156 Å². The molecular formula is C19H20N4O4. The summed E-state index contributed by atoms with van der Waals surface area (Å²) in [5.74, 6) is -0.581. The van der Waals surface area contributed by atoms with Crippen molar-refractivity contribution in [3.05, 3.63) is 60.8 Å². The second kappa shape index (κ2) is 8.31. The predicted molar refractivity (Wildman–Crippen MR) is 96.6 cm³/mol. The molecule has 0 aliphatic heterocycles. The Hall–Kier alpha value is -3.42. The van der Waals surface area contributed by atoms with Crippen LogP contribution in [0.3, 0.4) is 0 Å². The molecule has 2 aromatic heterocycles. The van der Waals surface area contributed by atoms with Crippen LogP contribution in [0.2, 0.25) is 0 Å². The summed E-state index contributed by atoms with van der Waals surface area (Å²) >= 11 is 0. The number of aromatic nitrogens is 3. The fourth-order valence-electron chi connectivity index (χ4n) is 2.45. The number of carbonyl (C=O) groups excluding carboxylic acids is 2. The van der Waals surface area contributed by atoms with Crippen molar-refractivity contribution in [1.82, 2.24) is 20.0 Å². The number of hydrogen-bond donors (Lipinski definition) is 1. The molecular weight excluding hydrogens is 348 g/mol. The van der Waals surface area contributed by atoms with E-state index in [1.165, 1.54) is 6.07 Å². The number of imidazole rings is 1. The summed E-state index contributed by atoms with van der Waals surface area (Å²) in [6.45, 7) is 3.69. The number of ether oxygens (including phenoxy) is 1. The monoisotopic (exact) mass is 368 g/mol. The minimum absolute atomic E-state index is 0.0850. The fraction of sp³-hybridized carbons (Fsp3) is 0.263. The first-order chi connectivity index (χ1) is 13.0. The average molecular weight is 368 g/mol. The molecule has 0 saturated carbocycles. The van der Waals surface area contributed by atoms with Crippen LogP contribution in [0.4, 0.5) is 0 Å². The third-order valence-electron chi connectivity index (χ3n) is 3.70. The SMILES string of the molecule is CC(C)OC(=O)[C@H](Cn1ccnc1)NC(=O)c1cc(-c2ccccc2)on1. The van der Waals surface area contributed by atoms with Crippen LogP contribution in [0, 0.1) is 0 Å². The molecule has 8 nitrogen and oxygen atoms in total. The van der Waals surface area contributed by atoms with Crippen molar-refractivity contribution in [3.63, 3.8) is 0 Å². The number of rotatable bonds is 7. The Morgan fingerprint density at radius 3 is 2.70 bits per heavy atom. The van der Waals surface area contributed by atoms with Gasteiger partial charge in [0.2, 0.25) is 0 Å². The van der Waals surface area contributed by atoms with E-state index in [0.717, 1.165) is 5.56 Å². The van der Waals surface area contributed by atoms with Crippen LogP contribution in [-0.2, 0) is 16.1 Å². The molecule has 1 atom stereocenters. The van der Waals surface area contributed by atoms with Gasteiger partial charge in [-0.1, -0.05) is 35.5 Å². The molecule has 0 aliphatic rings. The number of nitrogens with zero attached hydrogens (tertiary/aromatic N) is 3. The second-order valence-electron chi connectivity index (χ2n) is 6.21. The molecule has 0 radical (unpaired) electrons. The summed E-state index contributed by atoms with van der Waals surface area (Å²) in [5.41, 5.74) is 0.889. The first kappa shape index (κ1) is 18.4. The van der Waals surface area contributed by atoms with Crippen LogP contribution >= 0.6 is 0 Å². The van der Waals surface area contributed by atoms with Gasteiger partial charge in [-0.05, 0) is 13.8 Å². The lowest BCUT2D eigenvalue weighted by Gasteiger charge is -2.19. The maximum atomic E-state index is 12.6. The van der Waals surface area contributed by atoms with E-state index >= 15 is 0 Å². The lowest BCUT2D eigenvalue weighted by Crippen LogP contribution is -2.45. The first-order valence-corrected chi connectivity index (χ1v) is 8.52. The molecule has 1 aromatic carbocycles. The summed E-state index contributed by atoms with van der Waals surface area (Å²) in [6.07, 6.45) is 4.56. The van der Waals surface area contributed by atoms with Gasteiger partial charge in [-0.25, -0.2) is 9.78 Å². The highest BCUT2D eigenvalue weighted by atomic mass is 16.5. The quantitative estimate of drug-likeness (QED) is 0.643. The molecule has 8 heteroatoms. The third kappa shape index (κ3) is 4.81. The molecule has 0 saturated heterocycles. The summed E-state index contributed by atoms with van der Waals surface area (Å²) < 4.78 is 12.2. The van der Waals surface area contributed by atoms with Gasteiger partial charge in [0, 0.05) is 24.0 Å². The van der Waals surface area contributed by atoms with Crippen LogP contribution in [0.5, 0.6) is 0 Å². The largest absolute Gasteiger partial charge is 0.461 e. The Morgan fingerprint density at radius 1 is 1.26 bits per heavy atom. The molecule has 2 heterocycles. The van der Waals surface area contributed by atoms with Crippen molar-refractivity contribution in [3.8, 4) is 11.3 Å². The van der Waals surface area contributed by atoms with Crippen molar-refractivity contribution < 1.29 is 18.8 Å². The highest BCUT2D eigenvalue weighted by Crippen LogP contribution is 2.19. The Morgan fingerprint density at radius 2 is 2.04 bits per heavy atom. The van der Waals surface area contributed by atoms with Gasteiger partial charge in [-0.3, -0.25) is 4.79 Å². The molecule has 0 aliphatic carbocycles. The highest BCUT2D eigenvalue weighted by molar-refractivity contribution is 5.95. The van der Waals surface area contributed by atoms with Crippen molar-refractivity contribution >= 4 is 11.9 Å². The molecule has 1 N–H and O–H groups in total. The normalized spacial score (nSPS) is 12.0. The van der Waals surface area contributed by atoms with Gasteiger partial charge < -0.3 is 19.1 Å². The Kier molecular flexibility index (Phi) is 5.65. The molecule has 0 spiro atoms. The summed E-state index contributed by atoms with van der Waals surface area (Å²) in [4.78, 5) is 28.9. The van der Waals surface area contributed by atoms with Crippen LogP contribution in [0.1, 0.15) is 24.3 Å². The zero-order chi connectivity index (χ0) is 19.2. The van der Waals surface area contributed by atoms with Crippen LogP contribution in [0.25, 0.3) is 11.3 Å². The predicted octanol–water partition coefficient (Wildman–Crippen LogP) is 2.29. The Bertz CT molecular complexity index is 888. The fourth-order valence-corrected chi connectivity index (χ4v) is 2.45. The maximum Gasteiger partial charge on any atom is 0.330 e. The standard InChI is InChI=1S/C19H20N4O4/c1-13(2)26-19(25)16(11-23-9-8-20-12-23)21-18(24)15-10-17(27-22-15)14-6-4-3-5-7-14/h3-10,12-13,16H,11H2,1-2H3,(H,21,24)/t16-/m0/s1. The van der Waals surface area contributed by atoms with Gasteiger partial charge in [0.05, 0.1) is 19.0 Å². The van der Waals surface area contributed by atoms with Gasteiger partial charge in [0.25, 0.3) is 5.91 Å². The molecule has 1 amide bonds. The van der Waals surface area contributed by atoms with E-state index in [2.05, 4.69) is 15.5 Å². The number of benzene rings is 1. The van der Waals surface area contributed by atoms with Crippen LogP contribution < -0.4 is 5.32 Å². The summed E-state index contributed by atoms with van der Waals surface area (Å²) in [6, 6.07) is 9.96. The number of nitrogens with one attached hydrogen (secondary N) is 1. The number of esters is 1. The highest BCUT2D eigenvalue weighted by Gasteiger charge is 2.26. The second-order valence-corrected chi connectivity index (χ2v) is 6.21. The zero-order valence-corrected chi connectivity index (χ0v) is 15.0. The first-order valence-electron chi connectivity index (χ1n) is 8.52. The van der Waals surface area contributed by atoms with Gasteiger partial charge in [-0.15, -0.1) is 0 Å². The van der Waals surface area contributed by atoms with Gasteiger partial charge in [0.15, 0.2) is 11.5 Å². The van der Waals surface area contributed by atoms with Gasteiger partial charge in [-0.2, -0.15) is 0 Å². The van der Waals surface area contributed by atoms with E-state index in [1.807, 2.05) is 30.3 Å². The molecule has 140 valence electrons. The van der Waals surface area contributed by atoms with Gasteiger partial charge >= 0.3 is 5.97 Å². The van der Waals surface area contributed by atoms with E-state index in [-0.39, 0.29) is 18.3 Å². The molecule has 0 fully saturated rings. The number of carbonyl (C=O) groups is 2. The van der Waals surface area contributed by atoms with Gasteiger partial charge in [0.1, 0.15) is 6.04 Å². The van der Waals surface area contributed by atoms with Crippen LogP contribution in [0.15, 0.2) is 59.6 Å². The van der Waals surface area contributed by atoms with Crippen LogP contribution in [-0.4, -0.2) is 38.7 Å². The average Bonchev–Trinajstić information content (AvgIpc) is 3.33.